The largest absolute Gasteiger partial charge is 0.469 e. The van der Waals surface area contributed by atoms with Crippen LogP contribution in [0.25, 0.3) is 21.8 Å². The topological polar surface area (TPSA) is 104 Å². The molecule has 0 saturated carbocycles. The Bertz CT molecular complexity index is 1360. The first kappa shape index (κ1) is 25.8. The molecule has 3 rings (SSSR count). The van der Waals surface area contributed by atoms with Crippen LogP contribution in [-0.2, 0) is 25.7 Å². The molecule has 0 aliphatic rings. The van der Waals surface area contributed by atoms with Crippen molar-refractivity contribution in [3.8, 4) is 0 Å². The first-order valence-electron chi connectivity index (χ1n) is 11.4. The van der Waals surface area contributed by atoms with Crippen molar-refractivity contribution < 1.29 is 28.8 Å². The Hall–Kier alpha value is -3.81. The zero-order valence-electron chi connectivity index (χ0n) is 20.9. The van der Waals surface area contributed by atoms with Gasteiger partial charge in [0.1, 0.15) is 5.71 Å². The van der Waals surface area contributed by atoms with Gasteiger partial charge >= 0.3 is 11.9 Å². The van der Waals surface area contributed by atoms with Crippen LogP contribution in [0.4, 0.5) is 0 Å². The van der Waals surface area contributed by atoms with Gasteiger partial charge in [-0.2, -0.15) is 0 Å². The van der Waals surface area contributed by atoms with E-state index in [1.54, 1.807) is 12.1 Å². The lowest BCUT2D eigenvalue weighted by molar-refractivity contribution is -0.141. The highest BCUT2D eigenvalue weighted by atomic mass is 16.7. The lowest BCUT2D eigenvalue weighted by atomic mass is 9.86. The van der Waals surface area contributed by atoms with Crippen LogP contribution in [0.1, 0.15) is 68.2 Å². The van der Waals surface area contributed by atoms with E-state index in [1.165, 1.54) is 14.0 Å². The molecule has 0 radical (unpaired) electrons. The van der Waals surface area contributed by atoms with E-state index in [-0.39, 0.29) is 24.3 Å². The quantitative estimate of drug-likeness (QED) is 0.147. The molecule has 0 bridgehead atoms. The lowest BCUT2D eigenvalue weighted by Crippen LogP contribution is -2.20. The van der Waals surface area contributed by atoms with Crippen LogP contribution in [0.15, 0.2) is 41.6 Å². The monoisotopic (exact) mass is 478 g/mol. The van der Waals surface area contributed by atoms with Gasteiger partial charge in [-0.1, -0.05) is 25.9 Å². The number of hydrogen-bond donors (Lipinski definition) is 0. The first-order chi connectivity index (χ1) is 16.5. The van der Waals surface area contributed by atoms with Gasteiger partial charge in [-0.15, -0.1) is 0 Å². The average Bonchev–Trinajstić information content (AvgIpc) is 3.14. The molecule has 35 heavy (non-hydrogen) atoms. The number of fused-ring (bicyclic) bond motifs is 3. The summed E-state index contributed by atoms with van der Waals surface area (Å²) >= 11 is 0. The number of oxime groups is 1. The molecule has 3 aromatic rings. The molecule has 0 fully saturated rings. The normalized spacial score (nSPS) is 12.1. The van der Waals surface area contributed by atoms with Crippen molar-refractivity contribution in [2.75, 3.05) is 7.11 Å². The van der Waals surface area contributed by atoms with Gasteiger partial charge in [-0.25, -0.2) is 4.79 Å². The van der Waals surface area contributed by atoms with Crippen molar-refractivity contribution in [2.45, 2.75) is 54.0 Å². The number of carbonyl (C=O) groups is 4. The minimum absolute atomic E-state index is 0.0302. The second kappa shape index (κ2) is 10.2. The molecular formula is C27H30N2O6. The Morgan fingerprint density at radius 2 is 1.49 bits per heavy atom. The maximum Gasteiger partial charge on any atom is 0.331 e. The highest BCUT2D eigenvalue weighted by molar-refractivity contribution is 6.46. The number of ether oxygens (including phenoxy) is 1. The fourth-order valence-electron chi connectivity index (χ4n) is 3.97. The van der Waals surface area contributed by atoms with Gasteiger partial charge in [0, 0.05) is 58.2 Å². The van der Waals surface area contributed by atoms with Crippen molar-refractivity contribution in [3.63, 3.8) is 0 Å². The van der Waals surface area contributed by atoms with E-state index in [0.717, 1.165) is 21.8 Å². The number of hydrogen-bond acceptors (Lipinski definition) is 7. The zero-order valence-corrected chi connectivity index (χ0v) is 20.9. The summed E-state index contributed by atoms with van der Waals surface area (Å²) in [5.74, 6) is -1.62. The van der Waals surface area contributed by atoms with Crippen LogP contribution in [-0.4, -0.2) is 40.9 Å². The summed E-state index contributed by atoms with van der Waals surface area (Å²) in [6.07, 6.45) is -0.129. The molecule has 184 valence electrons. The summed E-state index contributed by atoms with van der Waals surface area (Å²) in [6.45, 7) is 9.55. The standard InChI is InChI=1S/C27H30N2O6/c1-7-29-22-11-8-17(25(32)21(28-35-16(2)30)10-13-24(31)34-6)14-19(22)20-15-18(9-12-23(20)29)26(33)27(3,4)5/h8-9,11-12,14-15H,7,10,13H2,1-6H3. The number of Topliss-reactive ketones (excluding diaryl/α,β-unsaturated/α-hetero) is 2. The van der Waals surface area contributed by atoms with Crippen molar-refractivity contribution in [1.29, 1.82) is 0 Å². The van der Waals surface area contributed by atoms with Gasteiger partial charge < -0.3 is 14.1 Å². The molecule has 0 saturated heterocycles. The Balaban J connectivity index is 2.13. The van der Waals surface area contributed by atoms with E-state index < -0.39 is 23.1 Å². The van der Waals surface area contributed by atoms with Crippen LogP contribution in [0.5, 0.6) is 0 Å². The zero-order chi connectivity index (χ0) is 25.9. The molecule has 8 heteroatoms. The predicted octanol–water partition coefficient (Wildman–Crippen LogP) is 5.10. The number of aromatic nitrogens is 1. The number of ketones is 2. The van der Waals surface area contributed by atoms with Gasteiger partial charge in [0.05, 0.1) is 13.5 Å². The Labute approximate surface area is 203 Å². The highest BCUT2D eigenvalue weighted by Gasteiger charge is 2.24. The van der Waals surface area contributed by atoms with Crippen molar-refractivity contribution in [1.82, 2.24) is 4.57 Å². The van der Waals surface area contributed by atoms with Gasteiger partial charge in [-0.3, -0.25) is 14.4 Å². The number of esters is 1. The summed E-state index contributed by atoms with van der Waals surface area (Å²) < 4.78 is 6.76. The van der Waals surface area contributed by atoms with E-state index in [1.807, 2.05) is 52.0 Å². The van der Waals surface area contributed by atoms with E-state index in [2.05, 4.69) is 14.5 Å². The second-order valence-electron chi connectivity index (χ2n) is 9.31. The fourth-order valence-corrected chi connectivity index (χ4v) is 3.97. The molecule has 0 N–H and O–H groups in total. The van der Waals surface area contributed by atoms with Gasteiger partial charge in [0.2, 0.25) is 5.78 Å². The Kier molecular flexibility index (Phi) is 7.53. The van der Waals surface area contributed by atoms with Gasteiger partial charge in [-0.05, 0) is 43.3 Å². The number of carbonyl (C=O) groups excluding carboxylic acids is 4. The smallest absolute Gasteiger partial charge is 0.331 e. The SMILES string of the molecule is CCn1c2ccc(C(=O)C(CCC(=O)OC)=NOC(C)=O)cc2c2cc(C(=O)C(C)(C)C)ccc21. The molecule has 0 aliphatic carbocycles. The number of aryl methyl sites for hydroxylation is 1. The van der Waals surface area contributed by atoms with Crippen LogP contribution >= 0.6 is 0 Å². The first-order valence-corrected chi connectivity index (χ1v) is 11.4. The molecule has 1 aromatic heterocycles. The maximum atomic E-state index is 13.3. The van der Waals surface area contributed by atoms with E-state index >= 15 is 0 Å². The molecule has 0 atom stereocenters. The third-order valence-corrected chi connectivity index (χ3v) is 5.73. The molecule has 1 heterocycles. The van der Waals surface area contributed by atoms with E-state index in [9.17, 15) is 19.2 Å². The van der Waals surface area contributed by atoms with Crippen LogP contribution in [0.2, 0.25) is 0 Å². The van der Waals surface area contributed by atoms with Gasteiger partial charge in [0.15, 0.2) is 5.78 Å². The molecule has 0 aliphatic heterocycles. The lowest BCUT2D eigenvalue weighted by Gasteiger charge is -2.16. The van der Waals surface area contributed by atoms with E-state index in [4.69, 9.17) is 4.84 Å². The number of methoxy groups -OCH3 is 1. The van der Waals surface area contributed by atoms with Crippen molar-refractivity contribution in [2.24, 2.45) is 10.6 Å². The molecule has 0 unspecified atom stereocenters. The summed E-state index contributed by atoms with van der Waals surface area (Å²) in [7, 11) is 1.25. The average molecular weight is 479 g/mol. The van der Waals surface area contributed by atoms with Gasteiger partial charge in [0.25, 0.3) is 0 Å². The third kappa shape index (κ3) is 5.48. The number of nitrogens with zero attached hydrogens (tertiary/aromatic N) is 2. The van der Waals surface area contributed by atoms with E-state index in [0.29, 0.717) is 17.7 Å². The summed E-state index contributed by atoms with van der Waals surface area (Å²) in [5.41, 5.74) is 2.22. The van der Waals surface area contributed by atoms with Crippen LogP contribution < -0.4 is 0 Å². The summed E-state index contributed by atoms with van der Waals surface area (Å²) in [5, 5.41) is 5.37. The van der Waals surface area contributed by atoms with Crippen molar-refractivity contribution >= 4 is 51.0 Å². The number of benzene rings is 2. The predicted molar refractivity (Wildman–Crippen MR) is 134 cm³/mol. The van der Waals surface area contributed by atoms with Crippen molar-refractivity contribution in [3.05, 3.63) is 47.5 Å². The third-order valence-electron chi connectivity index (χ3n) is 5.73. The highest BCUT2D eigenvalue weighted by Crippen LogP contribution is 2.32. The summed E-state index contributed by atoms with van der Waals surface area (Å²) in [4.78, 5) is 53.8. The summed E-state index contributed by atoms with van der Waals surface area (Å²) in [6, 6.07) is 10.9. The van der Waals surface area contributed by atoms with Crippen LogP contribution in [0, 0.1) is 5.41 Å². The molecule has 8 nitrogen and oxygen atoms in total. The molecule has 0 spiro atoms. The molecule has 0 amide bonds. The molecule has 2 aromatic carbocycles. The fraction of sp³-hybridized carbons (Fsp3) is 0.370. The number of rotatable bonds is 8. The van der Waals surface area contributed by atoms with Crippen LogP contribution in [0.3, 0.4) is 0 Å². The maximum absolute atomic E-state index is 13.3. The Morgan fingerprint density at radius 3 is 2.00 bits per heavy atom. The minimum atomic E-state index is -0.675. The Morgan fingerprint density at radius 1 is 0.914 bits per heavy atom. The molecular weight excluding hydrogens is 448 g/mol. The minimum Gasteiger partial charge on any atom is -0.469 e. The second-order valence-corrected chi connectivity index (χ2v) is 9.31.